The van der Waals surface area contributed by atoms with Crippen molar-refractivity contribution in [3.8, 4) is 0 Å². The zero-order valence-corrected chi connectivity index (χ0v) is 21.4. The molecule has 38 heavy (non-hydrogen) atoms. The smallest absolute Gasteiger partial charge is 0.352 e. The molecule has 196 valence electrons. The van der Waals surface area contributed by atoms with Crippen LogP contribution in [0.3, 0.4) is 0 Å². The molecule has 5 rings (SSSR count). The average Bonchev–Trinajstić information content (AvgIpc) is 3.48. The summed E-state index contributed by atoms with van der Waals surface area (Å²) < 4.78 is 3.31. The molecule has 2 aliphatic rings. The van der Waals surface area contributed by atoms with Gasteiger partial charge in [-0.2, -0.15) is 0 Å². The lowest BCUT2D eigenvalue weighted by molar-refractivity contribution is -0.510. The third-order valence-corrected chi connectivity index (χ3v) is 8.01. The standard InChI is InChI=1S/C22H20N8O6S2/c1-36-27-14(11-9-38-22(24)25-11)18(32)26-15-19(33)30-16(21(34)35)10(8-37-20(15)30)6-29-12(17(23)31)7-28-5-3-2-4-13(28)29/h2-5,7,9,15,20H,6,8H2,1H3,(H5-,23,24,25,26,31,32,34,35)/p+1/b27-14-/t15-,20-/m1/s1. The molecular weight excluding hydrogens is 536 g/mol. The highest BCUT2D eigenvalue weighted by Crippen LogP contribution is 2.41. The van der Waals surface area contributed by atoms with Crippen LogP contribution in [0.15, 0.2) is 52.4 Å². The van der Waals surface area contributed by atoms with Gasteiger partial charge in [-0.3, -0.25) is 19.3 Å². The Morgan fingerprint density at radius 1 is 1.37 bits per heavy atom. The lowest BCUT2D eigenvalue weighted by atomic mass is 10.0. The van der Waals surface area contributed by atoms with Crippen molar-refractivity contribution < 1.29 is 33.5 Å². The number of imidazole rings is 1. The first-order chi connectivity index (χ1) is 18.2. The van der Waals surface area contributed by atoms with Gasteiger partial charge in [0.1, 0.15) is 42.7 Å². The second-order valence-corrected chi connectivity index (χ2v) is 10.2. The average molecular weight is 558 g/mol. The van der Waals surface area contributed by atoms with Crippen LogP contribution in [0.5, 0.6) is 0 Å². The van der Waals surface area contributed by atoms with Gasteiger partial charge in [0.15, 0.2) is 10.8 Å². The third-order valence-electron chi connectivity index (χ3n) is 6.00. The summed E-state index contributed by atoms with van der Waals surface area (Å²) in [6.45, 7) is 0.0246. The van der Waals surface area contributed by atoms with E-state index in [0.29, 0.717) is 11.2 Å². The van der Waals surface area contributed by atoms with Crippen molar-refractivity contribution >= 4 is 63.3 Å². The maximum atomic E-state index is 13.1. The number of hydrogen-bond acceptors (Lipinski definition) is 10. The van der Waals surface area contributed by atoms with E-state index >= 15 is 0 Å². The lowest BCUT2D eigenvalue weighted by Crippen LogP contribution is -2.71. The van der Waals surface area contributed by atoms with Gasteiger partial charge >= 0.3 is 5.97 Å². The molecule has 14 nitrogen and oxygen atoms in total. The van der Waals surface area contributed by atoms with Crippen molar-refractivity contribution in [2.24, 2.45) is 10.9 Å². The summed E-state index contributed by atoms with van der Waals surface area (Å²) in [4.78, 5) is 60.4. The molecule has 1 fully saturated rings. The molecule has 3 aromatic rings. The zero-order valence-electron chi connectivity index (χ0n) is 19.7. The largest absolute Gasteiger partial charge is 0.477 e. The number of carbonyl (C=O) groups is 4. The van der Waals surface area contributed by atoms with Crippen molar-refractivity contribution in [2.45, 2.75) is 18.0 Å². The molecule has 0 unspecified atom stereocenters. The number of fused-ring (bicyclic) bond motifs is 2. The van der Waals surface area contributed by atoms with E-state index in [1.54, 1.807) is 39.6 Å². The summed E-state index contributed by atoms with van der Waals surface area (Å²) in [5.41, 5.74) is 12.3. The third kappa shape index (κ3) is 4.22. The van der Waals surface area contributed by atoms with Gasteiger partial charge in [-0.25, -0.2) is 18.7 Å². The molecule has 5 heterocycles. The van der Waals surface area contributed by atoms with Crippen LogP contribution in [0.25, 0.3) is 5.65 Å². The minimum absolute atomic E-state index is 0.0246. The first-order valence-electron chi connectivity index (χ1n) is 11.0. The number of pyridine rings is 1. The summed E-state index contributed by atoms with van der Waals surface area (Å²) in [5.74, 6) is -3.05. The predicted molar refractivity (Wildman–Crippen MR) is 136 cm³/mol. The number of aromatic nitrogens is 3. The maximum Gasteiger partial charge on any atom is 0.352 e. The Bertz CT molecular complexity index is 1560. The first kappa shape index (κ1) is 25.2. The summed E-state index contributed by atoms with van der Waals surface area (Å²) in [7, 11) is 1.26. The number of thioether (sulfide) groups is 1. The molecular formula is C22H21N8O6S2+. The molecule has 0 aliphatic carbocycles. The molecule has 0 aromatic carbocycles. The number of nitrogens with zero attached hydrogens (tertiary/aromatic N) is 5. The minimum Gasteiger partial charge on any atom is -0.477 e. The van der Waals surface area contributed by atoms with Gasteiger partial charge in [0.25, 0.3) is 23.4 Å². The van der Waals surface area contributed by atoms with Crippen LogP contribution in [0.1, 0.15) is 16.2 Å². The quantitative estimate of drug-likeness (QED) is 0.118. The van der Waals surface area contributed by atoms with E-state index in [4.69, 9.17) is 16.3 Å². The van der Waals surface area contributed by atoms with Crippen molar-refractivity contribution in [1.82, 2.24) is 19.8 Å². The molecule has 3 aromatic heterocycles. The molecule has 2 aliphatic heterocycles. The summed E-state index contributed by atoms with van der Waals surface area (Å²) in [6, 6.07) is 4.33. The van der Waals surface area contributed by atoms with Crippen LogP contribution in [0.2, 0.25) is 0 Å². The lowest BCUT2D eigenvalue weighted by Gasteiger charge is -2.49. The van der Waals surface area contributed by atoms with Gasteiger partial charge in [0, 0.05) is 22.8 Å². The van der Waals surface area contributed by atoms with Crippen LogP contribution in [0, 0.1) is 0 Å². The van der Waals surface area contributed by atoms with Crippen LogP contribution in [-0.4, -0.2) is 73.2 Å². The van der Waals surface area contributed by atoms with Crippen LogP contribution in [-0.2, 0) is 25.8 Å². The Balaban J connectivity index is 1.42. The number of anilines is 1. The van der Waals surface area contributed by atoms with Gasteiger partial charge < -0.3 is 26.7 Å². The van der Waals surface area contributed by atoms with Crippen LogP contribution < -0.4 is 21.2 Å². The number of amides is 3. The van der Waals surface area contributed by atoms with E-state index in [1.807, 2.05) is 0 Å². The maximum absolute atomic E-state index is 13.1. The number of oxime groups is 1. The van der Waals surface area contributed by atoms with E-state index in [1.165, 1.54) is 24.3 Å². The Labute approximate surface area is 222 Å². The fraction of sp³-hybridized carbons (Fsp3) is 0.227. The number of rotatable bonds is 8. The highest BCUT2D eigenvalue weighted by atomic mass is 32.2. The van der Waals surface area contributed by atoms with Gasteiger partial charge in [0.2, 0.25) is 5.69 Å². The van der Waals surface area contributed by atoms with Gasteiger partial charge in [0.05, 0.1) is 6.20 Å². The van der Waals surface area contributed by atoms with Gasteiger partial charge in [-0.15, -0.1) is 23.1 Å². The number of nitrogen functional groups attached to an aromatic ring is 1. The van der Waals surface area contributed by atoms with Crippen molar-refractivity contribution in [3.63, 3.8) is 0 Å². The summed E-state index contributed by atoms with van der Waals surface area (Å²) in [6.07, 6.45) is 3.30. The Morgan fingerprint density at radius 2 is 2.16 bits per heavy atom. The van der Waals surface area contributed by atoms with E-state index in [2.05, 4.69) is 15.5 Å². The Kier molecular flexibility index (Phi) is 6.50. The second-order valence-electron chi connectivity index (χ2n) is 8.24. The SMILES string of the molecule is CO/N=C(\C(=O)N[C@@H]1C(=O)N2C(C(=O)O)=C(Cn3c(C(N)=O)c[n+]4ccccc34)CS[C@H]12)c1csc(N)n1. The molecule has 0 spiro atoms. The monoisotopic (exact) mass is 557 g/mol. The normalized spacial score (nSPS) is 19.2. The predicted octanol–water partition coefficient (Wildman–Crippen LogP) is -0.846. The van der Waals surface area contributed by atoms with Crippen molar-refractivity contribution in [3.05, 3.63) is 58.6 Å². The topological polar surface area (TPSA) is 199 Å². The molecule has 3 amide bonds. The number of β-lactam (4-membered cyclic amide) rings is 1. The van der Waals surface area contributed by atoms with Crippen LogP contribution >= 0.6 is 23.1 Å². The fourth-order valence-corrected chi connectivity index (χ4v) is 6.25. The number of carboxylic acid groups (broad SMARTS) is 1. The Hall–Kier alpha value is -4.44. The number of hydrogen-bond donors (Lipinski definition) is 4. The number of nitrogens with one attached hydrogen (secondary N) is 1. The highest BCUT2D eigenvalue weighted by Gasteiger charge is 2.54. The fourth-order valence-electron chi connectivity index (χ4n) is 4.37. The number of carboxylic acids is 1. The first-order valence-corrected chi connectivity index (χ1v) is 13.0. The van der Waals surface area contributed by atoms with Gasteiger partial charge in [-0.05, 0) is 6.07 Å². The molecule has 6 N–H and O–H groups in total. The number of aliphatic carboxylic acids is 1. The molecule has 1 saturated heterocycles. The number of nitrogens with two attached hydrogens (primary N) is 2. The molecule has 2 atom stereocenters. The molecule has 0 radical (unpaired) electrons. The van der Waals surface area contributed by atoms with Crippen LogP contribution in [0.4, 0.5) is 5.13 Å². The van der Waals surface area contributed by atoms with E-state index in [-0.39, 0.29) is 40.2 Å². The van der Waals surface area contributed by atoms with Crippen molar-refractivity contribution in [1.29, 1.82) is 0 Å². The number of thiazole rings is 1. The Morgan fingerprint density at radius 3 is 2.82 bits per heavy atom. The molecule has 0 bridgehead atoms. The van der Waals surface area contributed by atoms with E-state index in [9.17, 15) is 24.3 Å². The number of carbonyl (C=O) groups excluding carboxylic acids is 3. The molecule has 0 saturated carbocycles. The number of primary amides is 1. The zero-order chi connectivity index (χ0) is 27.1. The van der Waals surface area contributed by atoms with E-state index in [0.717, 1.165) is 16.2 Å². The summed E-state index contributed by atoms with van der Waals surface area (Å²) >= 11 is 2.40. The van der Waals surface area contributed by atoms with Gasteiger partial charge in [-0.1, -0.05) is 11.2 Å². The highest BCUT2D eigenvalue weighted by molar-refractivity contribution is 8.00. The summed E-state index contributed by atoms with van der Waals surface area (Å²) in [5, 5.41) is 17.4. The van der Waals surface area contributed by atoms with Crippen molar-refractivity contribution in [2.75, 3.05) is 18.6 Å². The minimum atomic E-state index is -1.30. The molecule has 16 heteroatoms. The second kappa shape index (κ2) is 9.79. The van der Waals surface area contributed by atoms with E-state index < -0.39 is 35.1 Å².